The second-order valence-corrected chi connectivity index (χ2v) is 5.51. The standard InChI is InChI=1S/C14H13Cl2N3/c15-12-4-1-10(5-13(12)16)14-18-7-9(8-19-14)6-17-11-2-3-11/h1,4-5,7-8,11,17H,2-3,6H2. The summed E-state index contributed by atoms with van der Waals surface area (Å²) in [6.45, 7) is 0.826. The summed E-state index contributed by atoms with van der Waals surface area (Å²) in [6.07, 6.45) is 6.25. The van der Waals surface area contributed by atoms with E-state index in [-0.39, 0.29) is 0 Å². The minimum absolute atomic E-state index is 0.516. The molecule has 0 unspecified atom stereocenters. The first kappa shape index (κ1) is 12.9. The summed E-state index contributed by atoms with van der Waals surface area (Å²) in [4.78, 5) is 8.73. The van der Waals surface area contributed by atoms with Crippen LogP contribution in [0.15, 0.2) is 30.6 Å². The first-order valence-corrected chi connectivity index (χ1v) is 6.98. The maximum Gasteiger partial charge on any atom is 0.159 e. The van der Waals surface area contributed by atoms with Crippen molar-refractivity contribution in [1.29, 1.82) is 0 Å². The Balaban J connectivity index is 1.74. The lowest BCUT2D eigenvalue weighted by atomic mass is 10.2. The van der Waals surface area contributed by atoms with Crippen LogP contribution in [0.2, 0.25) is 10.0 Å². The molecule has 0 spiro atoms. The number of hydrogen-bond donors (Lipinski definition) is 1. The summed E-state index contributed by atoms with van der Waals surface area (Å²) in [5.74, 6) is 0.661. The molecule has 19 heavy (non-hydrogen) atoms. The molecule has 1 saturated carbocycles. The van der Waals surface area contributed by atoms with Gasteiger partial charge in [0.05, 0.1) is 10.0 Å². The summed E-state index contributed by atoms with van der Waals surface area (Å²) < 4.78 is 0. The molecule has 0 bridgehead atoms. The summed E-state index contributed by atoms with van der Waals surface area (Å²) >= 11 is 11.9. The molecule has 0 aliphatic heterocycles. The highest BCUT2D eigenvalue weighted by molar-refractivity contribution is 6.42. The molecule has 1 aromatic carbocycles. The van der Waals surface area contributed by atoms with Crippen molar-refractivity contribution in [3.63, 3.8) is 0 Å². The maximum atomic E-state index is 5.99. The van der Waals surface area contributed by atoms with Crippen LogP contribution >= 0.6 is 23.2 Å². The fourth-order valence-corrected chi connectivity index (χ4v) is 2.08. The van der Waals surface area contributed by atoms with Crippen LogP contribution in [-0.2, 0) is 6.54 Å². The van der Waals surface area contributed by atoms with Crippen LogP contribution in [0, 0.1) is 0 Å². The van der Waals surface area contributed by atoms with Gasteiger partial charge in [-0.25, -0.2) is 9.97 Å². The van der Waals surface area contributed by atoms with Gasteiger partial charge in [-0.3, -0.25) is 0 Å². The molecule has 0 radical (unpaired) electrons. The van der Waals surface area contributed by atoms with E-state index in [2.05, 4.69) is 15.3 Å². The molecule has 0 atom stereocenters. The quantitative estimate of drug-likeness (QED) is 0.934. The molecule has 1 N–H and O–H groups in total. The number of halogens is 2. The summed E-state index contributed by atoms with van der Waals surface area (Å²) in [7, 11) is 0. The zero-order chi connectivity index (χ0) is 13.2. The van der Waals surface area contributed by atoms with Gasteiger partial charge in [0.25, 0.3) is 0 Å². The molecule has 3 nitrogen and oxygen atoms in total. The first-order valence-electron chi connectivity index (χ1n) is 6.22. The van der Waals surface area contributed by atoms with E-state index in [1.54, 1.807) is 12.1 Å². The van der Waals surface area contributed by atoms with Crippen LogP contribution in [0.5, 0.6) is 0 Å². The van der Waals surface area contributed by atoms with E-state index < -0.39 is 0 Å². The minimum Gasteiger partial charge on any atom is -0.310 e. The second kappa shape index (κ2) is 5.45. The van der Waals surface area contributed by atoms with Crippen LogP contribution in [0.3, 0.4) is 0 Å². The summed E-state index contributed by atoms with van der Waals surface area (Å²) in [5, 5.41) is 4.48. The van der Waals surface area contributed by atoms with Crippen molar-refractivity contribution < 1.29 is 0 Å². The van der Waals surface area contributed by atoms with Gasteiger partial charge in [0.15, 0.2) is 5.82 Å². The van der Waals surface area contributed by atoms with Crippen molar-refractivity contribution >= 4 is 23.2 Å². The van der Waals surface area contributed by atoms with Gasteiger partial charge < -0.3 is 5.32 Å². The molecule has 1 aliphatic rings. The van der Waals surface area contributed by atoms with Gasteiger partial charge in [-0.1, -0.05) is 23.2 Å². The molecule has 1 aliphatic carbocycles. The maximum absolute atomic E-state index is 5.99. The monoisotopic (exact) mass is 293 g/mol. The number of hydrogen-bond acceptors (Lipinski definition) is 3. The van der Waals surface area contributed by atoms with E-state index in [1.165, 1.54) is 12.8 Å². The van der Waals surface area contributed by atoms with Crippen LogP contribution < -0.4 is 5.32 Å². The fourth-order valence-electron chi connectivity index (χ4n) is 1.78. The average molecular weight is 294 g/mol. The Bertz CT molecular complexity index is 580. The normalized spacial score (nSPS) is 14.6. The Kier molecular flexibility index (Phi) is 3.69. The van der Waals surface area contributed by atoms with Gasteiger partial charge in [-0.05, 0) is 31.0 Å². The molecule has 1 fully saturated rings. The SMILES string of the molecule is Clc1ccc(-c2ncc(CNC3CC3)cn2)cc1Cl. The van der Waals surface area contributed by atoms with E-state index in [0.717, 1.165) is 17.7 Å². The van der Waals surface area contributed by atoms with Crippen molar-refractivity contribution in [2.45, 2.75) is 25.4 Å². The third-order valence-electron chi connectivity index (χ3n) is 3.06. The van der Waals surface area contributed by atoms with Crippen LogP contribution in [0.4, 0.5) is 0 Å². The molecular weight excluding hydrogens is 281 g/mol. The topological polar surface area (TPSA) is 37.8 Å². The highest BCUT2D eigenvalue weighted by Crippen LogP contribution is 2.26. The van der Waals surface area contributed by atoms with Gasteiger partial charge in [0.2, 0.25) is 0 Å². The highest BCUT2D eigenvalue weighted by atomic mass is 35.5. The van der Waals surface area contributed by atoms with Gasteiger partial charge in [-0.15, -0.1) is 0 Å². The Morgan fingerprint density at radius 1 is 1.11 bits per heavy atom. The summed E-state index contributed by atoms with van der Waals surface area (Å²) in [5.41, 5.74) is 1.96. The van der Waals surface area contributed by atoms with Crippen molar-refractivity contribution in [2.24, 2.45) is 0 Å². The zero-order valence-electron chi connectivity index (χ0n) is 10.2. The number of benzene rings is 1. The predicted molar refractivity (Wildman–Crippen MR) is 77.3 cm³/mol. The lowest BCUT2D eigenvalue weighted by Gasteiger charge is -2.05. The lowest BCUT2D eigenvalue weighted by molar-refractivity contribution is 0.683. The van der Waals surface area contributed by atoms with Gasteiger partial charge in [-0.2, -0.15) is 0 Å². The molecule has 1 heterocycles. The van der Waals surface area contributed by atoms with Gasteiger partial charge >= 0.3 is 0 Å². The zero-order valence-corrected chi connectivity index (χ0v) is 11.7. The number of aromatic nitrogens is 2. The van der Waals surface area contributed by atoms with E-state index in [4.69, 9.17) is 23.2 Å². The van der Waals surface area contributed by atoms with Crippen molar-refractivity contribution in [3.8, 4) is 11.4 Å². The van der Waals surface area contributed by atoms with Gasteiger partial charge in [0, 0.05) is 36.1 Å². The molecule has 98 valence electrons. The van der Waals surface area contributed by atoms with Crippen LogP contribution in [0.1, 0.15) is 18.4 Å². The van der Waals surface area contributed by atoms with Crippen molar-refractivity contribution in [1.82, 2.24) is 15.3 Å². The largest absolute Gasteiger partial charge is 0.310 e. The molecule has 2 aromatic rings. The Morgan fingerprint density at radius 3 is 2.47 bits per heavy atom. The molecule has 0 saturated heterocycles. The van der Waals surface area contributed by atoms with Crippen LogP contribution in [-0.4, -0.2) is 16.0 Å². The number of rotatable bonds is 4. The third-order valence-corrected chi connectivity index (χ3v) is 3.79. The van der Waals surface area contributed by atoms with Crippen molar-refractivity contribution in [2.75, 3.05) is 0 Å². The third kappa shape index (κ3) is 3.24. The van der Waals surface area contributed by atoms with Crippen LogP contribution in [0.25, 0.3) is 11.4 Å². The van der Waals surface area contributed by atoms with E-state index in [0.29, 0.717) is 21.9 Å². The second-order valence-electron chi connectivity index (χ2n) is 4.70. The molecule has 3 rings (SSSR count). The fraction of sp³-hybridized carbons (Fsp3) is 0.286. The highest BCUT2D eigenvalue weighted by Gasteiger charge is 2.19. The lowest BCUT2D eigenvalue weighted by Crippen LogP contribution is -2.15. The number of nitrogens with zero attached hydrogens (tertiary/aromatic N) is 2. The number of nitrogens with one attached hydrogen (secondary N) is 1. The Hall–Kier alpha value is -1.16. The van der Waals surface area contributed by atoms with Crippen molar-refractivity contribution in [3.05, 3.63) is 46.2 Å². The average Bonchev–Trinajstić information content (AvgIpc) is 3.24. The molecule has 1 aromatic heterocycles. The first-order chi connectivity index (χ1) is 9.22. The van der Waals surface area contributed by atoms with E-state index in [1.807, 2.05) is 18.5 Å². The predicted octanol–water partition coefficient (Wildman–Crippen LogP) is 3.70. The summed E-state index contributed by atoms with van der Waals surface area (Å²) in [6, 6.07) is 6.09. The van der Waals surface area contributed by atoms with Gasteiger partial charge in [0.1, 0.15) is 0 Å². The van der Waals surface area contributed by atoms with E-state index >= 15 is 0 Å². The molecule has 0 amide bonds. The molecule has 5 heteroatoms. The smallest absolute Gasteiger partial charge is 0.159 e. The Morgan fingerprint density at radius 2 is 1.84 bits per heavy atom. The molecular formula is C14H13Cl2N3. The Labute approximate surface area is 122 Å². The van der Waals surface area contributed by atoms with E-state index in [9.17, 15) is 0 Å². The minimum atomic E-state index is 0.516.